The molecule has 0 radical (unpaired) electrons. The molecule has 2 saturated carbocycles. The topological polar surface area (TPSA) is 41.5 Å². The molecule has 114 valence electrons. The lowest BCUT2D eigenvalue weighted by Crippen LogP contribution is -2.22. The van der Waals surface area contributed by atoms with E-state index in [0.717, 1.165) is 31.1 Å². The van der Waals surface area contributed by atoms with Crippen LogP contribution in [0.3, 0.4) is 0 Å². The van der Waals surface area contributed by atoms with E-state index in [1.807, 2.05) is 0 Å². The fourth-order valence-electron chi connectivity index (χ4n) is 3.54. The largest absolute Gasteiger partial charge is 0.273 e. The van der Waals surface area contributed by atoms with E-state index >= 15 is 0 Å². The Morgan fingerprint density at radius 2 is 1.80 bits per heavy atom. The van der Waals surface area contributed by atoms with Crippen molar-refractivity contribution in [3.63, 3.8) is 0 Å². The Morgan fingerprint density at radius 3 is 2.45 bits per heavy atom. The van der Waals surface area contributed by atoms with Crippen molar-refractivity contribution in [3.8, 4) is 0 Å². The summed E-state index contributed by atoms with van der Waals surface area (Å²) in [7, 11) is 0. The van der Waals surface area contributed by atoms with Crippen LogP contribution in [0.4, 0.5) is 0 Å². The number of carbonyl (C=O) groups is 1. The van der Waals surface area contributed by atoms with Gasteiger partial charge < -0.3 is 0 Å². The van der Waals surface area contributed by atoms with Gasteiger partial charge in [0.1, 0.15) is 0 Å². The number of nitrogens with one attached hydrogen (secondary N) is 1. The normalized spacial score (nSPS) is 24.4. The highest BCUT2D eigenvalue weighted by atomic mass is 16.2. The SMILES string of the molecule is CCC1CCC(=NNC(=O)CCC2CCCCC2)CC1. The van der Waals surface area contributed by atoms with Crippen LogP contribution in [0.2, 0.25) is 0 Å². The summed E-state index contributed by atoms with van der Waals surface area (Å²) in [5.41, 5.74) is 3.97. The molecule has 2 aliphatic carbocycles. The zero-order valence-corrected chi connectivity index (χ0v) is 13.0. The van der Waals surface area contributed by atoms with Gasteiger partial charge in [0.25, 0.3) is 0 Å². The fraction of sp³-hybridized carbons (Fsp3) is 0.882. The van der Waals surface area contributed by atoms with Crippen molar-refractivity contribution in [2.45, 2.75) is 84.0 Å². The van der Waals surface area contributed by atoms with Crippen molar-refractivity contribution in [2.75, 3.05) is 0 Å². The summed E-state index contributed by atoms with van der Waals surface area (Å²) in [6.45, 7) is 2.26. The first-order valence-electron chi connectivity index (χ1n) is 8.62. The summed E-state index contributed by atoms with van der Waals surface area (Å²) >= 11 is 0. The predicted molar refractivity (Wildman–Crippen MR) is 83.6 cm³/mol. The number of rotatable bonds is 5. The Labute approximate surface area is 123 Å². The van der Waals surface area contributed by atoms with Gasteiger partial charge in [-0.3, -0.25) is 4.79 Å². The monoisotopic (exact) mass is 278 g/mol. The molecule has 20 heavy (non-hydrogen) atoms. The van der Waals surface area contributed by atoms with Gasteiger partial charge in [-0.25, -0.2) is 5.43 Å². The second kappa shape index (κ2) is 8.43. The minimum atomic E-state index is 0.112. The molecule has 0 atom stereocenters. The summed E-state index contributed by atoms with van der Waals surface area (Å²) in [6.07, 6.45) is 14.3. The van der Waals surface area contributed by atoms with Gasteiger partial charge in [0.05, 0.1) is 0 Å². The van der Waals surface area contributed by atoms with Crippen LogP contribution in [0.5, 0.6) is 0 Å². The zero-order chi connectivity index (χ0) is 14.2. The van der Waals surface area contributed by atoms with E-state index < -0.39 is 0 Å². The molecule has 3 heteroatoms. The molecule has 0 aromatic rings. The highest BCUT2D eigenvalue weighted by Gasteiger charge is 2.17. The van der Waals surface area contributed by atoms with Crippen molar-refractivity contribution < 1.29 is 4.79 Å². The summed E-state index contributed by atoms with van der Waals surface area (Å²) in [5.74, 6) is 1.76. The van der Waals surface area contributed by atoms with E-state index in [2.05, 4.69) is 17.5 Å². The van der Waals surface area contributed by atoms with E-state index in [9.17, 15) is 4.79 Å². The van der Waals surface area contributed by atoms with Gasteiger partial charge in [-0.1, -0.05) is 45.4 Å². The van der Waals surface area contributed by atoms with Crippen LogP contribution in [-0.2, 0) is 4.79 Å². The van der Waals surface area contributed by atoms with Crippen LogP contribution in [0, 0.1) is 11.8 Å². The average molecular weight is 278 g/mol. The maximum absolute atomic E-state index is 11.8. The van der Waals surface area contributed by atoms with Gasteiger partial charge in [-0.15, -0.1) is 0 Å². The molecule has 0 aromatic carbocycles. The lowest BCUT2D eigenvalue weighted by atomic mass is 9.86. The average Bonchev–Trinajstić information content (AvgIpc) is 2.52. The third-order valence-corrected chi connectivity index (χ3v) is 5.10. The first kappa shape index (κ1) is 15.5. The second-order valence-electron chi connectivity index (χ2n) is 6.61. The lowest BCUT2D eigenvalue weighted by molar-refractivity contribution is -0.121. The van der Waals surface area contributed by atoms with Gasteiger partial charge in [0.15, 0.2) is 0 Å². The molecule has 0 aliphatic heterocycles. The Hall–Kier alpha value is -0.860. The highest BCUT2D eigenvalue weighted by molar-refractivity contribution is 5.86. The van der Waals surface area contributed by atoms with E-state index in [-0.39, 0.29) is 5.91 Å². The molecule has 0 spiro atoms. The van der Waals surface area contributed by atoms with Gasteiger partial charge in [0.2, 0.25) is 5.91 Å². The van der Waals surface area contributed by atoms with Crippen molar-refractivity contribution >= 4 is 11.6 Å². The molecule has 0 bridgehead atoms. The van der Waals surface area contributed by atoms with Gasteiger partial charge in [-0.2, -0.15) is 5.10 Å². The molecule has 0 aromatic heterocycles. The van der Waals surface area contributed by atoms with Crippen molar-refractivity contribution in [1.29, 1.82) is 0 Å². The highest BCUT2D eigenvalue weighted by Crippen LogP contribution is 2.27. The third-order valence-electron chi connectivity index (χ3n) is 5.10. The van der Waals surface area contributed by atoms with Crippen LogP contribution in [-0.4, -0.2) is 11.6 Å². The van der Waals surface area contributed by atoms with Crippen LogP contribution >= 0.6 is 0 Å². The quantitative estimate of drug-likeness (QED) is 0.743. The smallest absolute Gasteiger partial charge is 0.240 e. The molecule has 1 N–H and O–H groups in total. The Bertz CT molecular complexity index is 322. The number of nitrogens with zero attached hydrogens (tertiary/aromatic N) is 1. The van der Waals surface area contributed by atoms with E-state index in [0.29, 0.717) is 6.42 Å². The molecule has 2 rings (SSSR count). The molecule has 2 aliphatic rings. The first-order valence-corrected chi connectivity index (χ1v) is 8.62. The Morgan fingerprint density at radius 1 is 1.10 bits per heavy atom. The predicted octanol–water partition coefficient (Wildman–Crippen LogP) is 4.42. The van der Waals surface area contributed by atoms with Gasteiger partial charge in [-0.05, 0) is 43.9 Å². The maximum atomic E-state index is 11.8. The minimum Gasteiger partial charge on any atom is -0.273 e. The van der Waals surface area contributed by atoms with Crippen LogP contribution in [0.1, 0.15) is 84.0 Å². The number of hydrazone groups is 1. The molecular weight excluding hydrogens is 248 g/mol. The van der Waals surface area contributed by atoms with Crippen molar-refractivity contribution in [2.24, 2.45) is 16.9 Å². The first-order chi connectivity index (χ1) is 9.78. The van der Waals surface area contributed by atoms with Crippen molar-refractivity contribution in [1.82, 2.24) is 5.43 Å². The van der Waals surface area contributed by atoms with Gasteiger partial charge in [0, 0.05) is 12.1 Å². The molecular formula is C17H30N2O. The third kappa shape index (κ3) is 5.26. The molecule has 0 unspecified atom stereocenters. The van der Waals surface area contributed by atoms with Crippen molar-refractivity contribution in [3.05, 3.63) is 0 Å². The number of amides is 1. The summed E-state index contributed by atoms with van der Waals surface area (Å²) in [4.78, 5) is 11.8. The summed E-state index contributed by atoms with van der Waals surface area (Å²) in [5, 5.41) is 4.33. The fourth-order valence-corrected chi connectivity index (χ4v) is 3.54. The maximum Gasteiger partial charge on any atom is 0.240 e. The number of hydrogen-bond donors (Lipinski definition) is 1. The molecule has 1 amide bonds. The second-order valence-corrected chi connectivity index (χ2v) is 6.61. The lowest BCUT2D eigenvalue weighted by Gasteiger charge is -2.22. The number of hydrogen-bond acceptors (Lipinski definition) is 2. The Kier molecular flexibility index (Phi) is 6.55. The molecule has 2 fully saturated rings. The van der Waals surface area contributed by atoms with E-state index in [4.69, 9.17) is 0 Å². The van der Waals surface area contributed by atoms with Crippen LogP contribution < -0.4 is 5.43 Å². The standard InChI is InChI=1S/C17H30N2O/c1-2-14-8-11-16(12-9-14)18-19-17(20)13-10-15-6-4-3-5-7-15/h14-15H,2-13H2,1H3,(H,19,20). The van der Waals surface area contributed by atoms with Crippen LogP contribution in [0.25, 0.3) is 0 Å². The Balaban J connectivity index is 1.62. The molecule has 0 heterocycles. The van der Waals surface area contributed by atoms with Gasteiger partial charge >= 0.3 is 0 Å². The molecule has 3 nitrogen and oxygen atoms in total. The van der Waals surface area contributed by atoms with E-state index in [1.165, 1.54) is 57.1 Å². The summed E-state index contributed by atoms with van der Waals surface area (Å²) in [6, 6.07) is 0. The zero-order valence-electron chi connectivity index (χ0n) is 13.0. The van der Waals surface area contributed by atoms with Crippen LogP contribution in [0.15, 0.2) is 5.10 Å². The summed E-state index contributed by atoms with van der Waals surface area (Å²) < 4.78 is 0. The van der Waals surface area contributed by atoms with E-state index in [1.54, 1.807) is 0 Å². The minimum absolute atomic E-state index is 0.112. The molecule has 0 saturated heterocycles. The number of carbonyl (C=O) groups excluding carboxylic acids is 1.